The summed E-state index contributed by atoms with van der Waals surface area (Å²) in [5, 5.41) is 0.598. The Morgan fingerprint density at radius 2 is 2.13 bits per heavy atom. The van der Waals surface area contributed by atoms with Gasteiger partial charge in [-0.3, -0.25) is 0 Å². The van der Waals surface area contributed by atoms with E-state index in [0.717, 1.165) is 30.9 Å². The highest BCUT2D eigenvalue weighted by molar-refractivity contribution is 7.99. The highest BCUT2D eigenvalue weighted by atomic mass is 35.5. The molecule has 1 aromatic heterocycles. The SMILES string of the molecule is CCc1c(Cl)ncnc1N1CCSCC1. The number of hydrogen-bond donors (Lipinski definition) is 0. The van der Waals surface area contributed by atoms with E-state index in [1.807, 2.05) is 11.8 Å². The lowest BCUT2D eigenvalue weighted by molar-refractivity contribution is 0.821. The minimum absolute atomic E-state index is 0.598. The number of rotatable bonds is 2. The Balaban J connectivity index is 2.29. The predicted molar refractivity (Wildman–Crippen MR) is 66.0 cm³/mol. The van der Waals surface area contributed by atoms with Crippen LogP contribution in [0.25, 0.3) is 0 Å². The van der Waals surface area contributed by atoms with E-state index in [2.05, 4.69) is 21.8 Å². The third-order valence-corrected chi connectivity index (χ3v) is 3.80. The molecule has 1 aliphatic rings. The van der Waals surface area contributed by atoms with E-state index in [1.165, 1.54) is 11.5 Å². The molecule has 0 N–H and O–H groups in total. The second-order valence-electron chi connectivity index (χ2n) is 3.42. The molecular weight excluding hydrogens is 230 g/mol. The fourth-order valence-corrected chi connectivity index (χ4v) is 2.90. The topological polar surface area (TPSA) is 29.0 Å². The van der Waals surface area contributed by atoms with E-state index in [-0.39, 0.29) is 0 Å². The van der Waals surface area contributed by atoms with Gasteiger partial charge in [0.2, 0.25) is 0 Å². The number of aromatic nitrogens is 2. The third-order valence-electron chi connectivity index (χ3n) is 2.53. The van der Waals surface area contributed by atoms with Gasteiger partial charge < -0.3 is 4.90 Å². The van der Waals surface area contributed by atoms with Crippen molar-refractivity contribution in [3.8, 4) is 0 Å². The summed E-state index contributed by atoms with van der Waals surface area (Å²) in [6, 6.07) is 0. The van der Waals surface area contributed by atoms with Crippen molar-refractivity contribution in [1.82, 2.24) is 9.97 Å². The molecule has 0 aromatic carbocycles. The summed E-state index contributed by atoms with van der Waals surface area (Å²) in [4.78, 5) is 10.7. The van der Waals surface area contributed by atoms with Crippen LogP contribution in [0.4, 0.5) is 5.82 Å². The van der Waals surface area contributed by atoms with Crippen LogP contribution in [0.15, 0.2) is 6.33 Å². The van der Waals surface area contributed by atoms with E-state index in [4.69, 9.17) is 11.6 Å². The van der Waals surface area contributed by atoms with E-state index >= 15 is 0 Å². The standard InChI is InChI=1S/C10H14ClN3S/c1-2-8-9(11)12-7-13-10(8)14-3-5-15-6-4-14/h7H,2-6H2,1H3. The van der Waals surface area contributed by atoms with Crippen molar-refractivity contribution in [1.29, 1.82) is 0 Å². The Hall–Kier alpha value is -0.480. The lowest BCUT2D eigenvalue weighted by Gasteiger charge is -2.28. The molecule has 0 aliphatic carbocycles. The maximum atomic E-state index is 6.07. The molecule has 0 spiro atoms. The zero-order valence-electron chi connectivity index (χ0n) is 8.74. The highest BCUT2D eigenvalue weighted by Gasteiger charge is 2.17. The van der Waals surface area contributed by atoms with Gasteiger partial charge in [-0.1, -0.05) is 18.5 Å². The van der Waals surface area contributed by atoms with Gasteiger partial charge in [0.25, 0.3) is 0 Å². The molecule has 2 rings (SSSR count). The molecular formula is C10H14ClN3S. The molecule has 0 bridgehead atoms. The molecule has 2 heterocycles. The van der Waals surface area contributed by atoms with E-state index in [1.54, 1.807) is 6.33 Å². The number of thioether (sulfide) groups is 1. The first-order chi connectivity index (χ1) is 7.33. The number of anilines is 1. The van der Waals surface area contributed by atoms with Gasteiger partial charge in [0.1, 0.15) is 17.3 Å². The lowest BCUT2D eigenvalue weighted by Crippen LogP contribution is -2.34. The van der Waals surface area contributed by atoms with E-state index < -0.39 is 0 Å². The van der Waals surface area contributed by atoms with Gasteiger partial charge in [0.05, 0.1) is 0 Å². The Morgan fingerprint density at radius 3 is 2.80 bits per heavy atom. The zero-order valence-corrected chi connectivity index (χ0v) is 10.3. The number of nitrogens with zero attached hydrogens (tertiary/aromatic N) is 3. The summed E-state index contributed by atoms with van der Waals surface area (Å²) < 4.78 is 0. The third kappa shape index (κ3) is 2.37. The smallest absolute Gasteiger partial charge is 0.137 e. The van der Waals surface area contributed by atoms with Crippen LogP contribution >= 0.6 is 23.4 Å². The van der Waals surface area contributed by atoms with Crippen LogP contribution in [0.3, 0.4) is 0 Å². The zero-order chi connectivity index (χ0) is 10.7. The van der Waals surface area contributed by atoms with Crippen molar-refractivity contribution >= 4 is 29.2 Å². The van der Waals surface area contributed by atoms with Crippen molar-refractivity contribution in [2.45, 2.75) is 13.3 Å². The maximum Gasteiger partial charge on any atom is 0.137 e. The molecule has 1 aliphatic heterocycles. The molecule has 1 saturated heterocycles. The molecule has 0 amide bonds. The molecule has 0 atom stereocenters. The summed E-state index contributed by atoms with van der Waals surface area (Å²) >= 11 is 8.06. The van der Waals surface area contributed by atoms with Gasteiger partial charge in [-0.2, -0.15) is 11.8 Å². The second-order valence-corrected chi connectivity index (χ2v) is 5.00. The summed E-state index contributed by atoms with van der Waals surface area (Å²) in [7, 11) is 0. The summed E-state index contributed by atoms with van der Waals surface area (Å²) in [6.45, 7) is 4.21. The summed E-state index contributed by atoms with van der Waals surface area (Å²) in [5.74, 6) is 3.37. The van der Waals surface area contributed by atoms with E-state index in [9.17, 15) is 0 Å². The fourth-order valence-electron chi connectivity index (χ4n) is 1.73. The molecule has 0 radical (unpaired) electrons. The lowest BCUT2D eigenvalue weighted by atomic mass is 10.2. The van der Waals surface area contributed by atoms with Gasteiger partial charge >= 0.3 is 0 Å². The van der Waals surface area contributed by atoms with Crippen LogP contribution in [-0.2, 0) is 6.42 Å². The molecule has 1 aromatic rings. The largest absolute Gasteiger partial charge is 0.355 e. The van der Waals surface area contributed by atoms with Crippen molar-refractivity contribution in [3.05, 3.63) is 17.0 Å². The molecule has 0 saturated carbocycles. The summed E-state index contributed by atoms with van der Waals surface area (Å²) in [5.41, 5.74) is 1.08. The van der Waals surface area contributed by atoms with Crippen molar-refractivity contribution in [2.75, 3.05) is 29.5 Å². The summed E-state index contributed by atoms with van der Waals surface area (Å²) in [6.07, 6.45) is 2.44. The molecule has 3 nitrogen and oxygen atoms in total. The minimum Gasteiger partial charge on any atom is -0.355 e. The van der Waals surface area contributed by atoms with Gasteiger partial charge in [-0.15, -0.1) is 0 Å². The molecule has 0 unspecified atom stereocenters. The first kappa shape index (κ1) is 11.0. The van der Waals surface area contributed by atoms with Crippen LogP contribution in [0.1, 0.15) is 12.5 Å². The van der Waals surface area contributed by atoms with Crippen LogP contribution < -0.4 is 4.90 Å². The average Bonchev–Trinajstić information content (AvgIpc) is 2.30. The first-order valence-corrected chi connectivity index (χ1v) is 6.68. The Labute approximate surface area is 99.2 Å². The average molecular weight is 244 g/mol. The van der Waals surface area contributed by atoms with Crippen molar-refractivity contribution in [2.24, 2.45) is 0 Å². The second kappa shape index (κ2) is 5.03. The van der Waals surface area contributed by atoms with Crippen molar-refractivity contribution in [3.63, 3.8) is 0 Å². The van der Waals surface area contributed by atoms with E-state index in [0.29, 0.717) is 5.15 Å². The normalized spacial score (nSPS) is 16.8. The van der Waals surface area contributed by atoms with Gasteiger partial charge in [0.15, 0.2) is 0 Å². The highest BCUT2D eigenvalue weighted by Crippen LogP contribution is 2.25. The number of halogens is 1. The molecule has 15 heavy (non-hydrogen) atoms. The quantitative estimate of drug-likeness (QED) is 0.745. The van der Waals surface area contributed by atoms with Crippen LogP contribution in [0.5, 0.6) is 0 Å². The fraction of sp³-hybridized carbons (Fsp3) is 0.600. The van der Waals surface area contributed by atoms with Crippen LogP contribution in [0, 0.1) is 0 Å². The molecule has 82 valence electrons. The van der Waals surface area contributed by atoms with Gasteiger partial charge in [-0.25, -0.2) is 9.97 Å². The Bertz CT molecular complexity index is 339. The predicted octanol–water partition coefficient (Wildman–Crippen LogP) is 2.25. The van der Waals surface area contributed by atoms with Crippen molar-refractivity contribution < 1.29 is 0 Å². The molecule has 5 heteroatoms. The monoisotopic (exact) mass is 243 g/mol. The maximum absolute atomic E-state index is 6.07. The Kier molecular flexibility index (Phi) is 3.70. The molecule has 1 fully saturated rings. The van der Waals surface area contributed by atoms with Gasteiger partial charge in [0, 0.05) is 30.2 Å². The number of hydrogen-bond acceptors (Lipinski definition) is 4. The van der Waals surface area contributed by atoms with Gasteiger partial charge in [-0.05, 0) is 6.42 Å². The van der Waals surface area contributed by atoms with Crippen LogP contribution in [-0.4, -0.2) is 34.6 Å². The Morgan fingerprint density at radius 1 is 1.40 bits per heavy atom. The first-order valence-electron chi connectivity index (χ1n) is 5.15. The van der Waals surface area contributed by atoms with Crippen LogP contribution in [0.2, 0.25) is 5.15 Å². The minimum atomic E-state index is 0.598.